The number of sulfonamides is 1. The molecule has 0 aliphatic heterocycles. The molecule has 0 aliphatic carbocycles. The van der Waals surface area contributed by atoms with Crippen molar-refractivity contribution >= 4 is 38.4 Å². The van der Waals surface area contributed by atoms with Gasteiger partial charge < -0.3 is 9.47 Å². The van der Waals surface area contributed by atoms with Gasteiger partial charge in [-0.15, -0.1) is 11.3 Å². The summed E-state index contributed by atoms with van der Waals surface area (Å²) in [6.45, 7) is 0. The van der Waals surface area contributed by atoms with Crippen LogP contribution >= 0.6 is 11.3 Å². The Morgan fingerprint density at radius 1 is 1.29 bits per heavy atom. The summed E-state index contributed by atoms with van der Waals surface area (Å²) in [5, 5.41) is 1.75. The third-order valence-corrected chi connectivity index (χ3v) is 4.64. The monoisotopic (exact) mass is 336 g/mol. The SMILES string of the molecule is COC(=O)CCCS(=O)(=O)Nc1nc(CC(=O)OC)cs1. The molecule has 1 rings (SSSR count). The highest BCUT2D eigenvalue weighted by Crippen LogP contribution is 2.18. The highest BCUT2D eigenvalue weighted by molar-refractivity contribution is 7.92. The van der Waals surface area contributed by atoms with Crippen molar-refractivity contribution in [1.29, 1.82) is 0 Å². The van der Waals surface area contributed by atoms with Gasteiger partial charge in [0.1, 0.15) is 0 Å². The zero-order valence-electron chi connectivity index (χ0n) is 11.6. The topological polar surface area (TPSA) is 112 Å². The van der Waals surface area contributed by atoms with Gasteiger partial charge in [0.15, 0.2) is 5.13 Å². The standard InChI is InChI=1S/C11H16N2O6S2/c1-18-9(14)4-3-5-21(16,17)13-11-12-8(7-20-11)6-10(15)19-2/h7H,3-6H2,1-2H3,(H,12,13). The van der Waals surface area contributed by atoms with Crippen molar-refractivity contribution in [1.82, 2.24) is 4.98 Å². The average Bonchev–Trinajstić information content (AvgIpc) is 2.84. The van der Waals surface area contributed by atoms with Crippen LogP contribution in [-0.2, 0) is 35.5 Å². The number of hydrogen-bond donors (Lipinski definition) is 1. The molecule has 0 radical (unpaired) electrons. The van der Waals surface area contributed by atoms with Crippen LogP contribution in [0.1, 0.15) is 18.5 Å². The molecule has 1 N–H and O–H groups in total. The lowest BCUT2D eigenvalue weighted by molar-refractivity contribution is -0.141. The number of anilines is 1. The van der Waals surface area contributed by atoms with Crippen molar-refractivity contribution in [3.63, 3.8) is 0 Å². The Morgan fingerprint density at radius 2 is 1.95 bits per heavy atom. The Kier molecular flexibility index (Phi) is 6.56. The maximum Gasteiger partial charge on any atom is 0.311 e. The van der Waals surface area contributed by atoms with Crippen molar-refractivity contribution in [2.45, 2.75) is 19.3 Å². The van der Waals surface area contributed by atoms with E-state index >= 15 is 0 Å². The molecule has 0 spiro atoms. The number of carbonyl (C=O) groups excluding carboxylic acids is 2. The largest absolute Gasteiger partial charge is 0.469 e. The van der Waals surface area contributed by atoms with E-state index < -0.39 is 22.0 Å². The molecular formula is C11H16N2O6S2. The minimum absolute atomic E-state index is 0.0168. The molecule has 0 saturated heterocycles. The maximum absolute atomic E-state index is 11.8. The zero-order valence-corrected chi connectivity index (χ0v) is 13.3. The first kappa shape index (κ1) is 17.4. The summed E-state index contributed by atoms with van der Waals surface area (Å²) >= 11 is 1.07. The molecule has 118 valence electrons. The summed E-state index contributed by atoms with van der Waals surface area (Å²) in [7, 11) is -1.08. The Labute approximate surface area is 126 Å². The molecule has 0 atom stereocenters. The van der Waals surface area contributed by atoms with Crippen LogP contribution in [0.5, 0.6) is 0 Å². The second kappa shape index (κ2) is 7.93. The number of carbonyl (C=O) groups is 2. The second-order valence-electron chi connectivity index (χ2n) is 4.00. The highest BCUT2D eigenvalue weighted by atomic mass is 32.2. The van der Waals surface area contributed by atoms with Crippen LogP contribution in [-0.4, -0.2) is 45.3 Å². The van der Waals surface area contributed by atoms with Crippen molar-refractivity contribution in [2.75, 3.05) is 24.7 Å². The smallest absolute Gasteiger partial charge is 0.311 e. The van der Waals surface area contributed by atoms with E-state index in [4.69, 9.17) is 0 Å². The average molecular weight is 336 g/mol. The van der Waals surface area contributed by atoms with Crippen LogP contribution in [0.15, 0.2) is 5.38 Å². The Bertz CT molecular complexity index is 596. The third kappa shape index (κ3) is 6.54. The summed E-state index contributed by atoms with van der Waals surface area (Å²) in [4.78, 5) is 25.9. The van der Waals surface area contributed by atoms with Gasteiger partial charge in [0.2, 0.25) is 10.0 Å². The molecule has 0 saturated carbocycles. The molecule has 1 aromatic rings. The van der Waals surface area contributed by atoms with Gasteiger partial charge in [-0.1, -0.05) is 0 Å². The predicted molar refractivity (Wildman–Crippen MR) is 76.5 cm³/mol. The number of aromatic nitrogens is 1. The molecule has 0 unspecified atom stereocenters. The lowest BCUT2D eigenvalue weighted by Crippen LogP contribution is -2.17. The van der Waals surface area contributed by atoms with Crippen molar-refractivity contribution in [2.24, 2.45) is 0 Å². The van der Waals surface area contributed by atoms with Gasteiger partial charge in [0.05, 0.1) is 32.1 Å². The van der Waals surface area contributed by atoms with Crippen LogP contribution < -0.4 is 4.72 Å². The number of rotatable bonds is 8. The van der Waals surface area contributed by atoms with Gasteiger partial charge in [0.25, 0.3) is 0 Å². The molecule has 8 nitrogen and oxygen atoms in total. The zero-order chi connectivity index (χ0) is 15.9. The molecule has 0 aliphatic rings. The van der Waals surface area contributed by atoms with Gasteiger partial charge in [0, 0.05) is 11.8 Å². The van der Waals surface area contributed by atoms with Crippen molar-refractivity contribution in [3.8, 4) is 0 Å². The fourth-order valence-electron chi connectivity index (χ4n) is 1.35. The Hall–Kier alpha value is -1.68. The maximum atomic E-state index is 11.8. The number of ether oxygens (including phenoxy) is 2. The Balaban J connectivity index is 2.51. The van der Waals surface area contributed by atoms with E-state index in [1.54, 1.807) is 5.38 Å². The van der Waals surface area contributed by atoms with Gasteiger partial charge >= 0.3 is 11.9 Å². The van der Waals surface area contributed by atoms with Crippen molar-refractivity contribution in [3.05, 3.63) is 11.1 Å². The van der Waals surface area contributed by atoms with Crippen LogP contribution in [0.3, 0.4) is 0 Å². The quantitative estimate of drug-likeness (QED) is 0.690. The molecule has 1 heterocycles. The molecule has 0 bridgehead atoms. The van der Waals surface area contributed by atoms with Crippen LogP contribution in [0.25, 0.3) is 0 Å². The number of methoxy groups -OCH3 is 2. The Morgan fingerprint density at radius 3 is 2.57 bits per heavy atom. The van der Waals surface area contributed by atoms with E-state index in [0.717, 1.165) is 11.3 Å². The first-order valence-electron chi connectivity index (χ1n) is 5.95. The first-order valence-corrected chi connectivity index (χ1v) is 8.48. The number of nitrogens with zero attached hydrogens (tertiary/aromatic N) is 1. The number of esters is 2. The summed E-state index contributed by atoms with van der Waals surface area (Å²) in [6, 6.07) is 0. The number of hydrogen-bond acceptors (Lipinski definition) is 8. The summed E-state index contributed by atoms with van der Waals surface area (Å²) < 4.78 is 34.8. The lowest BCUT2D eigenvalue weighted by Gasteiger charge is -2.04. The molecule has 0 amide bonds. The minimum atomic E-state index is -3.59. The van der Waals surface area contributed by atoms with Crippen LogP contribution in [0, 0.1) is 0 Å². The van der Waals surface area contributed by atoms with Gasteiger partial charge in [-0.25, -0.2) is 13.4 Å². The fourth-order valence-corrected chi connectivity index (χ4v) is 3.41. The molecule has 1 aromatic heterocycles. The van der Waals surface area contributed by atoms with E-state index in [0.29, 0.717) is 5.69 Å². The normalized spacial score (nSPS) is 11.0. The summed E-state index contributed by atoms with van der Waals surface area (Å²) in [6.07, 6.45) is 0.169. The lowest BCUT2D eigenvalue weighted by atomic mass is 10.3. The molecule has 0 fully saturated rings. The second-order valence-corrected chi connectivity index (χ2v) is 6.70. The first-order chi connectivity index (χ1) is 9.86. The van der Waals surface area contributed by atoms with Gasteiger partial charge in [-0.3, -0.25) is 14.3 Å². The van der Waals surface area contributed by atoms with E-state index in [2.05, 4.69) is 19.2 Å². The number of nitrogens with one attached hydrogen (secondary N) is 1. The fraction of sp³-hybridized carbons (Fsp3) is 0.545. The van der Waals surface area contributed by atoms with Crippen LogP contribution in [0.4, 0.5) is 5.13 Å². The molecule has 0 aromatic carbocycles. The molecule has 21 heavy (non-hydrogen) atoms. The van der Waals surface area contributed by atoms with Gasteiger partial charge in [-0.2, -0.15) is 0 Å². The van der Waals surface area contributed by atoms with E-state index in [1.165, 1.54) is 14.2 Å². The summed E-state index contributed by atoms with van der Waals surface area (Å²) in [5.74, 6) is -1.12. The van der Waals surface area contributed by atoms with E-state index in [-0.39, 0.29) is 30.1 Å². The van der Waals surface area contributed by atoms with E-state index in [9.17, 15) is 18.0 Å². The molecular weight excluding hydrogens is 320 g/mol. The van der Waals surface area contributed by atoms with Crippen molar-refractivity contribution < 1.29 is 27.5 Å². The van der Waals surface area contributed by atoms with Crippen LogP contribution in [0.2, 0.25) is 0 Å². The number of thiazole rings is 1. The predicted octanol–water partition coefficient (Wildman–Crippen LogP) is 0.553. The minimum Gasteiger partial charge on any atom is -0.469 e. The van der Waals surface area contributed by atoms with Gasteiger partial charge in [-0.05, 0) is 6.42 Å². The summed E-state index contributed by atoms with van der Waals surface area (Å²) in [5.41, 5.74) is 0.430. The molecule has 10 heteroatoms. The highest BCUT2D eigenvalue weighted by Gasteiger charge is 2.15. The third-order valence-electron chi connectivity index (χ3n) is 2.37. The van der Waals surface area contributed by atoms with E-state index in [1.807, 2.05) is 0 Å².